The van der Waals surface area contributed by atoms with Crippen molar-refractivity contribution in [2.24, 2.45) is 0 Å². The van der Waals surface area contributed by atoms with Crippen molar-refractivity contribution in [3.05, 3.63) is 110 Å². The van der Waals surface area contributed by atoms with Crippen LogP contribution in [-0.2, 0) is 37.9 Å². The number of hydrogen-bond donors (Lipinski definition) is 0. The van der Waals surface area contributed by atoms with Crippen molar-refractivity contribution < 1.29 is 23.8 Å². The van der Waals surface area contributed by atoms with Crippen molar-refractivity contribution in [2.75, 3.05) is 0 Å². The third kappa shape index (κ3) is 5.83. The molecule has 0 N–H and O–H groups in total. The molecular formula is C33H18N4O5S2. The number of thiophene rings is 2. The van der Waals surface area contributed by atoms with E-state index in [0.717, 1.165) is 11.3 Å². The molecule has 0 spiro atoms. The molecule has 0 bridgehead atoms. The van der Waals surface area contributed by atoms with E-state index in [0.29, 0.717) is 30.6 Å². The molecule has 0 fully saturated rings. The molecule has 9 nitrogen and oxygen atoms in total. The molecule has 0 aliphatic carbocycles. The van der Waals surface area contributed by atoms with Gasteiger partial charge in [-0.1, -0.05) is 60.7 Å². The molecule has 0 atom stereocenters. The Labute approximate surface area is 259 Å². The van der Waals surface area contributed by atoms with Crippen LogP contribution in [0.15, 0.2) is 83.9 Å². The van der Waals surface area contributed by atoms with Crippen molar-refractivity contribution in [3.63, 3.8) is 0 Å². The quantitative estimate of drug-likeness (QED) is 0.124. The Kier molecular flexibility index (Phi) is 8.65. The lowest BCUT2D eigenvalue weighted by Crippen LogP contribution is -2.52. The summed E-state index contributed by atoms with van der Waals surface area (Å²) in [6.45, 7) is -0.317. The first-order chi connectivity index (χ1) is 21.4. The van der Waals surface area contributed by atoms with Crippen LogP contribution >= 0.6 is 22.7 Å². The summed E-state index contributed by atoms with van der Waals surface area (Å²) in [7, 11) is 0. The number of ether oxygens (including phenoxy) is 3. The highest BCUT2D eigenvalue weighted by Crippen LogP contribution is 2.54. The number of esters is 2. The Hall–Kier alpha value is -5.98. The molecule has 1 aliphatic rings. The van der Waals surface area contributed by atoms with E-state index in [9.17, 15) is 30.6 Å². The first-order valence-corrected chi connectivity index (χ1v) is 14.5. The summed E-state index contributed by atoms with van der Waals surface area (Å²) >= 11 is 2.31. The van der Waals surface area contributed by atoms with Gasteiger partial charge in [-0.2, -0.15) is 21.0 Å². The van der Waals surface area contributed by atoms with E-state index in [1.165, 1.54) is 35.6 Å². The van der Waals surface area contributed by atoms with Gasteiger partial charge >= 0.3 is 17.5 Å². The molecule has 5 rings (SSSR count). The molecule has 2 aromatic heterocycles. The van der Waals surface area contributed by atoms with Gasteiger partial charge in [0.15, 0.2) is 0 Å². The van der Waals surface area contributed by atoms with E-state index in [2.05, 4.69) is 0 Å². The van der Waals surface area contributed by atoms with Gasteiger partial charge in [-0.25, -0.2) is 9.59 Å². The van der Waals surface area contributed by atoms with Gasteiger partial charge in [0.2, 0.25) is 0 Å². The number of benzene rings is 2. The fourth-order valence-electron chi connectivity index (χ4n) is 4.33. The molecule has 0 saturated carbocycles. The highest BCUT2D eigenvalue weighted by molar-refractivity contribution is 7.23. The Balaban J connectivity index is 1.66. The van der Waals surface area contributed by atoms with Gasteiger partial charge in [0.25, 0.3) is 0 Å². The van der Waals surface area contributed by atoms with Crippen LogP contribution < -0.4 is 4.74 Å². The van der Waals surface area contributed by atoms with Crippen LogP contribution in [0.5, 0.6) is 5.75 Å². The fraction of sp³-hybridized carbons (Fsp3) is 0.0909. The van der Waals surface area contributed by atoms with E-state index in [1.54, 1.807) is 60.7 Å². The Morgan fingerprint density at radius 2 is 1.16 bits per heavy atom. The van der Waals surface area contributed by atoms with Crippen LogP contribution in [0.2, 0.25) is 0 Å². The molecule has 44 heavy (non-hydrogen) atoms. The molecule has 0 saturated heterocycles. The lowest BCUT2D eigenvalue weighted by Gasteiger charge is -2.33. The second-order valence-corrected chi connectivity index (χ2v) is 11.4. The van der Waals surface area contributed by atoms with Crippen LogP contribution in [0, 0.1) is 45.3 Å². The van der Waals surface area contributed by atoms with Gasteiger partial charge in [-0.3, -0.25) is 0 Å². The lowest BCUT2D eigenvalue weighted by molar-refractivity contribution is -0.183. The zero-order valence-corrected chi connectivity index (χ0v) is 24.3. The van der Waals surface area contributed by atoms with Gasteiger partial charge < -0.3 is 14.2 Å². The molecule has 0 unspecified atom stereocenters. The van der Waals surface area contributed by atoms with Gasteiger partial charge in [0.1, 0.15) is 54.4 Å². The van der Waals surface area contributed by atoms with Gasteiger partial charge in [0, 0.05) is 15.3 Å². The number of hydrogen-bond acceptors (Lipinski definition) is 11. The molecule has 0 radical (unpaired) electrons. The predicted molar refractivity (Wildman–Crippen MR) is 161 cm³/mol. The first-order valence-electron chi connectivity index (χ1n) is 12.9. The smallest absolute Gasteiger partial charge is 0.367 e. The number of allylic oxidation sites excluding steroid dienone is 2. The Morgan fingerprint density at radius 3 is 1.64 bits per heavy atom. The largest absolute Gasteiger partial charge is 0.458 e. The third-order valence-corrected chi connectivity index (χ3v) is 8.68. The lowest BCUT2D eigenvalue weighted by atomic mass is 9.90. The summed E-state index contributed by atoms with van der Waals surface area (Å²) in [5, 5.41) is 37.2. The van der Waals surface area contributed by atoms with Crippen molar-refractivity contribution in [2.45, 2.75) is 18.8 Å². The number of carbonyl (C=O) groups excluding carboxylic acids is 2. The highest BCUT2D eigenvalue weighted by Gasteiger charge is 2.58. The van der Waals surface area contributed by atoms with Gasteiger partial charge in [-0.05, 0) is 35.4 Å². The summed E-state index contributed by atoms with van der Waals surface area (Å²) in [5.74, 6) is -1.92. The fourth-order valence-corrected chi connectivity index (χ4v) is 6.66. The van der Waals surface area contributed by atoms with Crippen LogP contribution in [0.1, 0.15) is 26.4 Å². The number of carbonyl (C=O) groups is 2. The van der Waals surface area contributed by atoms with E-state index in [1.807, 2.05) is 24.3 Å². The predicted octanol–water partition coefficient (Wildman–Crippen LogP) is 6.41. The first kappa shape index (κ1) is 29.5. The zero-order valence-electron chi connectivity index (χ0n) is 22.6. The van der Waals surface area contributed by atoms with E-state index in [-0.39, 0.29) is 35.7 Å². The number of nitrogens with zero attached hydrogens (tertiary/aromatic N) is 4. The number of rotatable bonds is 8. The van der Waals surface area contributed by atoms with Crippen LogP contribution in [0.4, 0.5) is 0 Å². The molecule has 2 aromatic carbocycles. The standard InChI is InChI=1S/C33H18N4O5S2/c34-15-23(16-35)11-25-13-27-29(43-25)30-28(14-26(44-30)12-24(17-36)18-37)42-33(27,31(38)40-19-21-7-3-1-4-8-21)32(39)41-20-22-9-5-2-6-10-22/h1-14H,19-20H2. The van der Waals surface area contributed by atoms with Crippen molar-refractivity contribution >= 4 is 46.8 Å². The molecule has 1 aliphatic heterocycles. The minimum atomic E-state index is -2.41. The highest BCUT2D eigenvalue weighted by atomic mass is 32.1. The maximum absolute atomic E-state index is 14.1. The van der Waals surface area contributed by atoms with Gasteiger partial charge in [0.05, 0.1) is 9.75 Å². The molecule has 212 valence electrons. The Bertz CT molecular complexity index is 1890. The summed E-state index contributed by atoms with van der Waals surface area (Å²) < 4.78 is 17.6. The maximum Gasteiger partial charge on any atom is 0.367 e. The summed E-state index contributed by atoms with van der Waals surface area (Å²) in [5.41, 5.74) is -1.28. The third-order valence-electron chi connectivity index (χ3n) is 6.37. The molecule has 4 aromatic rings. The maximum atomic E-state index is 14.1. The van der Waals surface area contributed by atoms with Crippen molar-refractivity contribution in [3.8, 4) is 39.8 Å². The summed E-state index contributed by atoms with van der Waals surface area (Å²) in [6, 6.07) is 28.1. The van der Waals surface area contributed by atoms with E-state index >= 15 is 0 Å². The monoisotopic (exact) mass is 614 g/mol. The zero-order chi connectivity index (χ0) is 31.1. The average Bonchev–Trinajstić information content (AvgIpc) is 3.68. The topological polar surface area (TPSA) is 157 Å². The minimum Gasteiger partial charge on any atom is -0.458 e. The van der Waals surface area contributed by atoms with E-state index in [4.69, 9.17) is 14.2 Å². The van der Waals surface area contributed by atoms with Gasteiger partial charge in [-0.15, -0.1) is 22.7 Å². The SMILES string of the molecule is N#CC(C#N)=Cc1cc2c(s1)-c1sc(C=C(C#N)C#N)cc1C(C(=O)OCc1ccccc1)(C(=O)OCc1ccccc1)O2. The van der Waals surface area contributed by atoms with Crippen LogP contribution in [0.25, 0.3) is 21.9 Å². The second-order valence-electron chi connectivity index (χ2n) is 9.20. The molecule has 0 amide bonds. The van der Waals surface area contributed by atoms with Crippen LogP contribution in [-0.4, -0.2) is 11.9 Å². The summed E-state index contributed by atoms with van der Waals surface area (Å²) in [4.78, 5) is 30.0. The minimum absolute atomic E-state index is 0.116. The van der Waals surface area contributed by atoms with Crippen molar-refractivity contribution in [1.29, 1.82) is 21.0 Å². The molecular weight excluding hydrogens is 597 g/mol. The Morgan fingerprint density at radius 1 is 0.705 bits per heavy atom. The summed E-state index contributed by atoms with van der Waals surface area (Å²) in [6.07, 6.45) is 2.71. The average molecular weight is 615 g/mol. The van der Waals surface area contributed by atoms with Crippen LogP contribution in [0.3, 0.4) is 0 Å². The second kappa shape index (κ2) is 12.9. The molecule has 11 heteroatoms. The normalized spacial score (nSPS) is 11.8. The number of nitriles is 4. The van der Waals surface area contributed by atoms with Crippen molar-refractivity contribution in [1.82, 2.24) is 0 Å². The molecule has 3 heterocycles. The van der Waals surface area contributed by atoms with E-state index < -0.39 is 17.5 Å². The number of fused-ring (bicyclic) bond motifs is 3.